The van der Waals surface area contributed by atoms with Crippen LogP contribution in [0.3, 0.4) is 0 Å². The van der Waals surface area contributed by atoms with Crippen molar-refractivity contribution in [2.45, 2.75) is 38.1 Å². The van der Waals surface area contributed by atoms with Crippen molar-refractivity contribution in [2.75, 3.05) is 14.1 Å². The van der Waals surface area contributed by atoms with E-state index in [0.717, 1.165) is 11.1 Å². The molecule has 0 unspecified atom stereocenters. The quantitative estimate of drug-likeness (QED) is 0.657. The van der Waals surface area contributed by atoms with Crippen LogP contribution in [0.1, 0.15) is 37.2 Å². The molecule has 2 aromatic carbocycles. The fraction of sp³-hybridized carbons (Fsp3) is 0.400. The highest BCUT2D eigenvalue weighted by atomic mass is 16.3. The van der Waals surface area contributed by atoms with Crippen molar-refractivity contribution < 1.29 is 10.2 Å². The molecular weight excluding hydrogens is 300 g/mol. The first-order valence-corrected chi connectivity index (χ1v) is 8.31. The van der Waals surface area contributed by atoms with E-state index in [-0.39, 0.29) is 12.1 Å². The molecule has 4 N–H and O–H groups in total. The Kier molecular flexibility index (Phi) is 9.27. The van der Waals surface area contributed by atoms with Crippen LogP contribution < -0.4 is 10.6 Å². The highest BCUT2D eigenvalue weighted by molar-refractivity contribution is 5.19. The molecular formula is C20H30N2O2. The molecule has 2 aromatic rings. The number of likely N-dealkylation sites (N-methyl/N-ethyl adjacent to an activating group) is 2. The van der Waals surface area contributed by atoms with Gasteiger partial charge in [0.2, 0.25) is 0 Å². The fourth-order valence-corrected chi connectivity index (χ4v) is 2.19. The summed E-state index contributed by atoms with van der Waals surface area (Å²) in [6.45, 7) is 3.91. The maximum atomic E-state index is 9.73. The minimum atomic E-state index is -0.420. The molecule has 0 amide bonds. The number of hydrogen-bond donors (Lipinski definition) is 4. The van der Waals surface area contributed by atoms with Crippen LogP contribution in [-0.4, -0.2) is 36.4 Å². The zero-order valence-corrected chi connectivity index (χ0v) is 15.0. The Balaban J connectivity index is 0.000000240. The van der Waals surface area contributed by atoms with E-state index >= 15 is 0 Å². The average Bonchev–Trinajstić information content (AvgIpc) is 2.67. The predicted octanol–water partition coefficient (Wildman–Crippen LogP) is 2.66. The minimum absolute atomic E-state index is 0.0902. The lowest BCUT2D eigenvalue weighted by molar-refractivity contribution is 0.140. The van der Waals surface area contributed by atoms with Gasteiger partial charge >= 0.3 is 0 Å². The standard InChI is InChI=1S/2C10H15NO/c2*1-8(11-2)10(12)9-6-4-3-5-7-9/h2*3-8,10-12H,1-2H3/t8-,10+;8-,10-/m11/s1. The summed E-state index contributed by atoms with van der Waals surface area (Å²) < 4.78 is 0. The summed E-state index contributed by atoms with van der Waals surface area (Å²) in [5.41, 5.74) is 1.92. The van der Waals surface area contributed by atoms with Crippen LogP contribution >= 0.6 is 0 Å². The molecule has 0 saturated carbocycles. The van der Waals surface area contributed by atoms with E-state index in [9.17, 15) is 10.2 Å². The zero-order chi connectivity index (χ0) is 17.9. The van der Waals surface area contributed by atoms with Crippen LogP contribution in [0, 0.1) is 0 Å². The molecule has 0 fully saturated rings. The first-order valence-electron chi connectivity index (χ1n) is 8.31. The molecule has 0 spiro atoms. The van der Waals surface area contributed by atoms with Crippen LogP contribution in [0.2, 0.25) is 0 Å². The van der Waals surface area contributed by atoms with E-state index in [4.69, 9.17) is 0 Å². The van der Waals surface area contributed by atoms with Gasteiger partial charge in [-0.3, -0.25) is 0 Å². The Morgan fingerprint density at radius 3 is 1.17 bits per heavy atom. The van der Waals surface area contributed by atoms with Crippen LogP contribution in [0.15, 0.2) is 60.7 Å². The number of benzene rings is 2. The van der Waals surface area contributed by atoms with Crippen molar-refractivity contribution in [1.82, 2.24) is 10.6 Å². The highest BCUT2D eigenvalue weighted by Crippen LogP contribution is 2.16. The van der Waals surface area contributed by atoms with Crippen LogP contribution in [-0.2, 0) is 0 Å². The fourth-order valence-electron chi connectivity index (χ4n) is 2.19. The monoisotopic (exact) mass is 330 g/mol. The Labute approximate surface area is 145 Å². The highest BCUT2D eigenvalue weighted by Gasteiger charge is 2.13. The zero-order valence-electron chi connectivity index (χ0n) is 15.0. The van der Waals surface area contributed by atoms with Gasteiger partial charge in [-0.2, -0.15) is 0 Å². The van der Waals surface area contributed by atoms with Gasteiger partial charge < -0.3 is 20.8 Å². The number of rotatable bonds is 6. The van der Waals surface area contributed by atoms with Gasteiger partial charge in [0, 0.05) is 12.1 Å². The Morgan fingerprint density at radius 1 is 0.625 bits per heavy atom. The van der Waals surface area contributed by atoms with Gasteiger partial charge in [-0.05, 0) is 39.1 Å². The SMILES string of the molecule is CN[C@H](C)[C@@H](O)c1ccccc1.CN[C@H](C)[C@H](O)c1ccccc1. The molecule has 0 saturated heterocycles. The third kappa shape index (κ3) is 6.42. The van der Waals surface area contributed by atoms with Gasteiger partial charge in [0.25, 0.3) is 0 Å². The summed E-state index contributed by atoms with van der Waals surface area (Å²) in [7, 11) is 3.69. The summed E-state index contributed by atoms with van der Waals surface area (Å²) in [6.07, 6.45) is -0.840. The molecule has 24 heavy (non-hydrogen) atoms. The van der Waals surface area contributed by atoms with E-state index in [1.54, 1.807) is 0 Å². The molecule has 4 atom stereocenters. The first kappa shape index (κ1) is 20.3. The molecule has 4 nitrogen and oxygen atoms in total. The molecule has 0 aliphatic heterocycles. The van der Waals surface area contributed by atoms with Crippen molar-refractivity contribution in [3.8, 4) is 0 Å². The second-order valence-corrected chi connectivity index (χ2v) is 5.87. The second-order valence-electron chi connectivity index (χ2n) is 5.87. The van der Waals surface area contributed by atoms with Gasteiger partial charge in [-0.15, -0.1) is 0 Å². The molecule has 0 aromatic heterocycles. The van der Waals surface area contributed by atoms with Crippen molar-refractivity contribution in [3.05, 3.63) is 71.8 Å². The molecule has 0 radical (unpaired) electrons. The summed E-state index contributed by atoms with van der Waals surface area (Å²) >= 11 is 0. The maximum absolute atomic E-state index is 9.73. The van der Waals surface area contributed by atoms with Crippen LogP contribution in [0.4, 0.5) is 0 Å². The average molecular weight is 330 g/mol. The van der Waals surface area contributed by atoms with E-state index in [1.165, 1.54) is 0 Å². The third-order valence-corrected chi connectivity index (χ3v) is 4.14. The van der Waals surface area contributed by atoms with Gasteiger partial charge in [0.1, 0.15) is 0 Å². The molecule has 0 bridgehead atoms. The largest absolute Gasteiger partial charge is 0.387 e. The molecule has 2 rings (SSSR count). The smallest absolute Gasteiger partial charge is 0.0940 e. The summed E-state index contributed by atoms with van der Waals surface area (Å²) in [5.74, 6) is 0. The molecule has 0 aliphatic rings. The Hall–Kier alpha value is -1.72. The first-order chi connectivity index (χ1) is 11.5. The molecule has 132 valence electrons. The normalized spacial score (nSPS) is 15.6. The molecule has 0 heterocycles. The van der Waals surface area contributed by atoms with Crippen molar-refractivity contribution in [3.63, 3.8) is 0 Å². The lowest BCUT2D eigenvalue weighted by atomic mass is 10.0. The van der Waals surface area contributed by atoms with Gasteiger partial charge in [-0.25, -0.2) is 0 Å². The van der Waals surface area contributed by atoms with Crippen molar-refractivity contribution in [2.24, 2.45) is 0 Å². The number of nitrogens with one attached hydrogen (secondary N) is 2. The van der Waals surface area contributed by atoms with Gasteiger partial charge in [-0.1, -0.05) is 60.7 Å². The van der Waals surface area contributed by atoms with Gasteiger partial charge in [0.15, 0.2) is 0 Å². The third-order valence-electron chi connectivity index (χ3n) is 4.14. The van der Waals surface area contributed by atoms with Crippen LogP contribution in [0.5, 0.6) is 0 Å². The summed E-state index contributed by atoms with van der Waals surface area (Å²) in [6, 6.07) is 19.5. The molecule has 4 heteroatoms. The van der Waals surface area contributed by atoms with Crippen LogP contribution in [0.25, 0.3) is 0 Å². The summed E-state index contributed by atoms with van der Waals surface area (Å²) in [4.78, 5) is 0. The van der Waals surface area contributed by atoms with Gasteiger partial charge in [0.05, 0.1) is 12.2 Å². The van der Waals surface area contributed by atoms with E-state index in [1.807, 2.05) is 88.6 Å². The van der Waals surface area contributed by atoms with E-state index in [2.05, 4.69) is 10.6 Å². The Morgan fingerprint density at radius 2 is 0.917 bits per heavy atom. The lowest BCUT2D eigenvalue weighted by Gasteiger charge is -2.17. The van der Waals surface area contributed by atoms with Crippen molar-refractivity contribution >= 4 is 0 Å². The maximum Gasteiger partial charge on any atom is 0.0940 e. The molecule has 0 aliphatic carbocycles. The minimum Gasteiger partial charge on any atom is -0.387 e. The number of aliphatic hydroxyl groups is 2. The summed E-state index contributed by atoms with van der Waals surface area (Å²) in [5, 5.41) is 25.5. The number of aliphatic hydroxyl groups excluding tert-OH is 2. The van der Waals surface area contributed by atoms with E-state index in [0.29, 0.717) is 0 Å². The predicted molar refractivity (Wildman–Crippen MR) is 99.8 cm³/mol. The second kappa shape index (κ2) is 10.9. The lowest BCUT2D eigenvalue weighted by Crippen LogP contribution is -2.28. The Bertz CT molecular complexity index is 497. The van der Waals surface area contributed by atoms with E-state index < -0.39 is 12.2 Å². The van der Waals surface area contributed by atoms with Crippen molar-refractivity contribution in [1.29, 1.82) is 0 Å². The number of hydrogen-bond acceptors (Lipinski definition) is 4. The topological polar surface area (TPSA) is 64.5 Å².